The molecule has 4 heteroatoms. The van der Waals surface area contributed by atoms with Gasteiger partial charge in [-0.05, 0) is 12.8 Å². The molecule has 0 aromatic carbocycles. The van der Waals surface area contributed by atoms with Crippen molar-refractivity contribution in [3.8, 4) is 0 Å². The van der Waals surface area contributed by atoms with Crippen LogP contribution in [0.5, 0.6) is 0 Å². The normalized spacial score (nSPS) is 32.7. The van der Waals surface area contributed by atoms with E-state index in [0.717, 1.165) is 18.7 Å². The first-order valence-electron chi connectivity index (χ1n) is 4.79. The maximum Gasteiger partial charge on any atom is 0.220 e. The highest BCUT2D eigenvalue weighted by Gasteiger charge is 2.30. The van der Waals surface area contributed by atoms with Gasteiger partial charge in [0.2, 0.25) is 11.8 Å². The van der Waals surface area contributed by atoms with E-state index in [1.165, 1.54) is 0 Å². The molecule has 2 unspecified atom stereocenters. The number of aliphatic imine (C=N–C) groups is 1. The van der Waals surface area contributed by atoms with Crippen molar-refractivity contribution in [2.45, 2.75) is 38.3 Å². The zero-order chi connectivity index (χ0) is 9.26. The van der Waals surface area contributed by atoms with Crippen molar-refractivity contribution >= 4 is 11.8 Å². The Morgan fingerprint density at radius 3 is 3.08 bits per heavy atom. The van der Waals surface area contributed by atoms with Crippen LogP contribution < -0.4 is 5.32 Å². The molecule has 0 aromatic heterocycles. The third kappa shape index (κ3) is 1.66. The number of amides is 1. The van der Waals surface area contributed by atoms with Crippen LogP contribution in [-0.4, -0.2) is 30.5 Å². The first-order valence-corrected chi connectivity index (χ1v) is 4.79. The summed E-state index contributed by atoms with van der Waals surface area (Å²) in [6.07, 6.45) is 2.43. The zero-order valence-corrected chi connectivity index (χ0v) is 7.75. The van der Waals surface area contributed by atoms with Gasteiger partial charge < -0.3 is 10.1 Å². The number of ether oxygens (including phenoxy) is 1. The van der Waals surface area contributed by atoms with Crippen molar-refractivity contribution in [1.29, 1.82) is 0 Å². The van der Waals surface area contributed by atoms with Crippen molar-refractivity contribution in [2.24, 2.45) is 4.99 Å². The van der Waals surface area contributed by atoms with Crippen molar-refractivity contribution < 1.29 is 9.53 Å². The van der Waals surface area contributed by atoms with Gasteiger partial charge in [0.1, 0.15) is 12.6 Å². The fraction of sp³-hybridized carbons (Fsp3) is 0.778. The second kappa shape index (κ2) is 3.36. The highest BCUT2D eigenvalue weighted by Crippen LogP contribution is 2.15. The van der Waals surface area contributed by atoms with E-state index in [4.69, 9.17) is 4.74 Å². The topological polar surface area (TPSA) is 50.7 Å². The number of nitrogens with zero attached hydrogens (tertiary/aromatic N) is 1. The predicted octanol–water partition coefficient (Wildman–Crippen LogP) is 0.472. The summed E-state index contributed by atoms with van der Waals surface area (Å²) in [5, 5.41) is 2.85. The molecule has 1 fully saturated rings. The largest absolute Gasteiger partial charge is 0.477 e. The van der Waals surface area contributed by atoms with E-state index >= 15 is 0 Å². The molecule has 1 saturated heterocycles. The van der Waals surface area contributed by atoms with Crippen LogP contribution >= 0.6 is 0 Å². The SMILES string of the molecule is CCC1COC(C2CCC(=O)N2)=N1. The van der Waals surface area contributed by atoms with Gasteiger partial charge in [0, 0.05) is 6.42 Å². The van der Waals surface area contributed by atoms with Crippen LogP contribution in [0.1, 0.15) is 26.2 Å². The Hall–Kier alpha value is -1.06. The monoisotopic (exact) mass is 182 g/mol. The molecule has 0 spiro atoms. The molecule has 2 heterocycles. The molecule has 2 aliphatic heterocycles. The summed E-state index contributed by atoms with van der Waals surface area (Å²) in [6, 6.07) is 0.344. The lowest BCUT2D eigenvalue weighted by atomic mass is 10.2. The Bertz CT molecular complexity index is 250. The van der Waals surface area contributed by atoms with Crippen LogP contribution in [0.2, 0.25) is 0 Å². The van der Waals surface area contributed by atoms with Crippen LogP contribution in [0.15, 0.2) is 4.99 Å². The summed E-state index contributed by atoms with van der Waals surface area (Å²) < 4.78 is 5.42. The Morgan fingerprint density at radius 2 is 2.54 bits per heavy atom. The average molecular weight is 182 g/mol. The first kappa shape index (κ1) is 8.53. The molecule has 0 radical (unpaired) electrons. The first-order chi connectivity index (χ1) is 6.29. The van der Waals surface area contributed by atoms with E-state index in [1.807, 2.05) is 0 Å². The quantitative estimate of drug-likeness (QED) is 0.675. The third-order valence-corrected chi connectivity index (χ3v) is 2.50. The zero-order valence-electron chi connectivity index (χ0n) is 7.75. The van der Waals surface area contributed by atoms with Gasteiger partial charge in [-0.1, -0.05) is 6.92 Å². The molecule has 4 nitrogen and oxygen atoms in total. The highest BCUT2D eigenvalue weighted by atomic mass is 16.5. The van der Waals surface area contributed by atoms with E-state index in [0.29, 0.717) is 19.1 Å². The van der Waals surface area contributed by atoms with Gasteiger partial charge in [-0.25, -0.2) is 4.99 Å². The number of hydrogen-bond acceptors (Lipinski definition) is 3. The van der Waals surface area contributed by atoms with Gasteiger partial charge in [0.05, 0.1) is 6.04 Å². The summed E-state index contributed by atoms with van der Waals surface area (Å²) in [4.78, 5) is 15.3. The fourth-order valence-electron chi connectivity index (χ4n) is 1.64. The molecular weight excluding hydrogens is 168 g/mol. The van der Waals surface area contributed by atoms with E-state index in [2.05, 4.69) is 17.2 Å². The average Bonchev–Trinajstić information content (AvgIpc) is 2.71. The molecule has 0 aliphatic carbocycles. The van der Waals surface area contributed by atoms with Gasteiger partial charge in [0.15, 0.2) is 0 Å². The van der Waals surface area contributed by atoms with E-state index < -0.39 is 0 Å². The Morgan fingerprint density at radius 1 is 1.69 bits per heavy atom. The lowest BCUT2D eigenvalue weighted by Gasteiger charge is -2.08. The standard InChI is InChI=1S/C9H14N2O2/c1-2-6-5-13-9(10-6)7-3-4-8(12)11-7/h6-7H,2-5H2,1H3,(H,11,12). The second-order valence-electron chi connectivity index (χ2n) is 3.50. The van der Waals surface area contributed by atoms with Crippen molar-refractivity contribution in [1.82, 2.24) is 5.32 Å². The number of nitrogens with one attached hydrogen (secondary N) is 1. The number of hydrogen-bond donors (Lipinski definition) is 1. The predicted molar refractivity (Wildman–Crippen MR) is 48.6 cm³/mol. The molecule has 0 aromatic rings. The molecule has 2 rings (SSSR count). The van der Waals surface area contributed by atoms with Gasteiger partial charge >= 0.3 is 0 Å². The van der Waals surface area contributed by atoms with Crippen molar-refractivity contribution in [3.63, 3.8) is 0 Å². The molecule has 0 saturated carbocycles. The smallest absolute Gasteiger partial charge is 0.220 e. The minimum absolute atomic E-state index is 0.0454. The number of rotatable bonds is 2. The minimum Gasteiger partial charge on any atom is -0.477 e. The Balaban J connectivity index is 1.98. The van der Waals surface area contributed by atoms with E-state index in [-0.39, 0.29) is 11.9 Å². The lowest BCUT2D eigenvalue weighted by molar-refractivity contribution is -0.119. The third-order valence-electron chi connectivity index (χ3n) is 2.50. The summed E-state index contributed by atoms with van der Waals surface area (Å²) in [5.74, 6) is 0.842. The van der Waals surface area contributed by atoms with Gasteiger partial charge in [-0.3, -0.25) is 4.79 Å². The van der Waals surface area contributed by atoms with Gasteiger partial charge in [-0.2, -0.15) is 0 Å². The van der Waals surface area contributed by atoms with Crippen LogP contribution in [0.4, 0.5) is 0 Å². The van der Waals surface area contributed by atoms with Crippen LogP contribution in [0.25, 0.3) is 0 Å². The molecule has 2 aliphatic rings. The van der Waals surface area contributed by atoms with Crippen molar-refractivity contribution in [2.75, 3.05) is 6.61 Å². The summed E-state index contributed by atoms with van der Waals surface area (Å²) in [5.41, 5.74) is 0. The van der Waals surface area contributed by atoms with E-state index in [9.17, 15) is 4.79 Å². The lowest BCUT2D eigenvalue weighted by Crippen LogP contribution is -2.33. The molecule has 13 heavy (non-hydrogen) atoms. The maximum absolute atomic E-state index is 10.9. The fourth-order valence-corrected chi connectivity index (χ4v) is 1.64. The Kier molecular flexibility index (Phi) is 2.20. The molecule has 1 amide bonds. The number of carbonyl (C=O) groups excluding carboxylic acids is 1. The molecular formula is C9H14N2O2. The summed E-state index contributed by atoms with van der Waals surface area (Å²) >= 11 is 0. The summed E-state index contributed by atoms with van der Waals surface area (Å²) in [6.45, 7) is 2.77. The van der Waals surface area contributed by atoms with Crippen molar-refractivity contribution in [3.05, 3.63) is 0 Å². The molecule has 72 valence electrons. The molecule has 2 atom stereocenters. The maximum atomic E-state index is 10.9. The van der Waals surface area contributed by atoms with Crippen LogP contribution in [-0.2, 0) is 9.53 Å². The second-order valence-corrected chi connectivity index (χ2v) is 3.50. The summed E-state index contributed by atoms with van der Waals surface area (Å²) in [7, 11) is 0. The highest BCUT2D eigenvalue weighted by molar-refractivity contribution is 5.91. The minimum atomic E-state index is 0.0454. The van der Waals surface area contributed by atoms with Crippen LogP contribution in [0.3, 0.4) is 0 Å². The Labute approximate surface area is 77.4 Å². The van der Waals surface area contributed by atoms with Gasteiger partial charge in [-0.15, -0.1) is 0 Å². The molecule has 1 N–H and O–H groups in total. The number of carbonyl (C=O) groups is 1. The molecule has 0 bridgehead atoms. The van der Waals surface area contributed by atoms with Crippen LogP contribution in [0, 0.1) is 0 Å². The van der Waals surface area contributed by atoms with Gasteiger partial charge in [0.25, 0.3) is 0 Å². The van der Waals surface area contributed by atoms with E-state index in [1.54, 1.807) is 0 Å².